The second-order valence-electron chi connectivity index (χ2n) is 3.90. The predicted octanol–water partition coefficient (Wildman–Crippen LogP) is -1.11. The molecule has 0 saturated heterocycles. The van der Waals surface area contributed by atoms with E-state index in [1.165, 1.54) is 38.5 Å². The second-order valence-corrected chi connectivity index (χ2v) is 11.6. The first-order chi connectivity index (χ1) is 6.35. The maximum absolute atomic E-state index is 2.33. The summed E-state index contributed by atoms with van der Waals surface area (Å²) in [5.41, 5.74) is 0. The van der Waals surface area contributed by atoms with Crippen LogP contribution >= 0.6 is 0 Å². The van der Waals surface area contributed by atoms with E-state index < -0.39 is 20.2 Å². The van der Waals surface area contributed by atoms with E-state index in [1.54, 1.807) is 13.1 Å². The third-order valence-electron chi connectivity index (χ3n) is 2.48. The number of hydrogen-bond acceptors (Lipinski definition) is 0. The Balaban J connectivity index is -0.000000720. The van der Waals surface area contributed by atoms with Crippen LogP contribution < -0.4 is 34.0 Å². The molecule has 0 N–H and O–H groups in total. The summed E-state index contributed by atoms with van der Waals surface area (Å²) >= 11 is -0.712. The summed E-state index contributed by atoms with van der Waals surface area (Å²) in [7, 11) is 0. The first kappa shape index (κ1) is 22.0. The summed E-state index contributed by atoms with van der Waals surface area (Å²) in [6.07, 6.45) is 8.82. The van der Waals surface area contributed by atoms with Crippen molar-refractivity contribution in [1.29, 1.82) is 0 Å². The Morgan fingerprint density at radius 3 is 1.07 bits per heavy atom. The SMILES string of the molecule is CCC[CH2][Sb+2]([CH2]CCC)[CH2]CCC.[Br-].[Br-]. The monoisotopic (exact) mass is 450 g/mol. The largest absolute Gasteiger partial charge is 1.00 e. The Morgan fingerprint density at radius 1 is 0.600 bits per heavy atom. The van der Waals surface area contributed by atoms with E-state index in [-0.39, 0.29) is 34.0 Å². The number of hydrogen-bond donors (Lipinski definition) is 0. The quantitative estimate of drug-likeness (QED) is 0.389. The van der Waals surface area contributed by atoms with Gasteiger partial charge in [-0.1, -0.05) is 0 Å². The summed E-state index contributed by atoms with van der Waals surface area (Å²) in [5, 5.41) is 0. The minimum absolute atomic E-state index is 0. The molecule has 0 aliphatic rings. The van der Waals surface area contributed by atoms with Crippen LogP contribution in [0.4, 0.5) is 0 Å². The summed E-state index contributed by atoms with van der Waals surface area (Å²) in [6, 6.07) is 0. The third-order valence-corrected chi connectivity index (χ3v) is 10.6. The molecule has 0 rings (SSSR count). The molecule has 0 saturated carbocycles. The molecular weight excluding hydrogens is 426 g/mol. The van der Waals surface area contributed by atoms with Crippen molar-refractivity contribution in [3.63, 3.8) is 0 Å². The van der Waals surface area contributed by atoms with E-state index >= 15 is 0 Å². The van der Waals surface area contributed by atoms with Crippen LogP contribution in [0, 0.1) is 0 Å². The van der Waals surface area contributed by atoms with E-state index in [4.69, 9.17) is 0 Å². The molecule has 94 valence electrons. The molecule has 3 heteroatoms. The van der Waals surface area contributed by atoms with Gasteiger partial charge < -0.3 is 34.0 Å². The molecule has 0 aromatic carbocycles. The van der Waals surface area contributed by atoms with Gasteiger partial charge in [0.2, 0.25) is 0 Å². The fraction of sp³-hybridized carbons (Fsp3) is 1.00. The molecule has 0 radical (unpaired) electrons. The van der Waals surface area contributed by atoms with Crippen molar-refractivity contribution >= 4 is 20.2 Å². The van der Waals surface area contributed by atoms with Gasteiger partial charge in [0.1, 0.15) is 0 Å². The normalized spacial score (nSPS) is 9.00. The van der Waals surface area contributed by atoms with E-state index in [0.29, 0.717) is 0 Å². The molecule has 0 aliphatic heterocycles. The maximum Gasteiger partial charge on any atom is -1.00 e. The zero-order valence-corrected chi connectivity index (χ0v) is 16.3. The Kier molecular flexibility index (Phi) is 26.6. The van der Waals surface area contributed by atoms with E-state index in [2.05, 4.69) is 20.8 Å². The number of halogens is 2. The molecular formula is C12H27Br2Sb. The van der Waals surface area contributed by atoms with Gasteiger partial charge in [0, 0.05) is 0 Å². The first-order valence-electron chi connectivity index (χ1n) is 6.07. The number of unbranched alkanes of at least 4 members (excludes halogenated alkanes) is 3. The molecule has 0 atom stereocenters. The van der Waals surface area contributed by atoms with Crippen molar-refractivity contribution in [1.82, 2.24) is 0 Å². The number of rotatable bonds is 9. The van der Waals surface area contributed by atoms with Crippen LogP contribution in [0.2, 0.25) is 13.1 Å². The first-order valence-corrected chi connectivity index (χ1v) is 11.5. The van der Waals surface area contributed by atoms with Crippen molar-refractivity contribution in [2.45, 2.75) is 72.4 Å². The molecule has 0 unspecified atom stereocenters. The minimum atomic E-state index is -0.712. The van der Waals surface area contributed by atoms with E-state index in [1.807, 2.05) is 0 Å². The summed E-state index contributed by atoms with van der Waals surface area (Å²) < 4.78 is 5.00. The molecule has 0 fully saturated rings. The van der Waals surface area contributed by atoms with Crippen LogP contribution in [-0.2, 0) is 0 Å². The molecule has 0 aromatic heterocycles. The molecule has 0 bridgehead atoms. The fourth-order valence-electron chi connectivity index (χ4n) is 1.48. The molecule has 0 amide bonds. The van der Waals surface area contributed by atoms with Gasteiger partial charge in [0.05, 0.1) is 0 Å². The van der Waals surface area contributed by atoms with Crippen LogP contribution in [-0.4, -0.2) is 20.2 Å². The van der Waals surface area contributed by atoms with Crippen LogP contribution in [0.15, 0.2) is 0 Å². The molecule has 0 heterocycles. The minimum Gasteiger partial charge on any atom is -1.00 e. The zero-order chi connectivity index (χ0) is 9.94. The Morgan fingerprint density at radius 2 is 0.867 bits per heavy atom. The van der Waals surface area contributed by atoms with Gasteiger partial charge in [-0.2, -0.15) is 0 Å². The third kappa shape index (κ3) is 15.8. The van der Waals surface area contributed by atoms with Gasteiger partial charge in [-0.05, 0) is 0 Å². The summed E-state index contributed by atoms with van der Waals surface area (Å²) in [6.45, 7) is 6.99. The van der Waals surface area contributed by atoms with Crippen molar-refractivity contribution in [3.8, 4) is 0 Å². The van der Waals surface area contributed by atoms with Gasteiger partial charge >= 0.3 is 92.6 Å². The molecule has 0 spiro atoms. The Hall–Kier alpha value is 1.78. The van der Waals surface area contributed by atoms with Crippen molar-refractivity contribution < 1.29 is 34.0 Å². The fourth-order valence-corrected chi connectivity index (χ4v) is 9.93. The summed E-state index contributed by atoms with van der Waals surface area (Å²) in [5.74, 6) is 0. The topological polar surface area (TPSA) is 0 Å². The second kappa shape index (κ2) is 18.2. The van der Waals surface area contributed by atoms with E-state index in [9.17, 15) is 0 Å². The standard InChI is InChI=1S/3C4H9.2BrH.Sb/c3*1-3-4-2;;;/h3*1,3-4H2,2H3;2*1H;/q;;;;;+2/p-2. The van der Waals surface area contributed by atoms with Gasteiger partial charge in [-0.3, -0.25) is 0 Å². The van der Waals surface area contributed by atoms with Gasteiger partial charge in [0.15, 0.2) is 0 Å². The zero-order valence-electron chi connectivity index (χ0n) is 10.6. The summed E-state index contributed by atoms with van der Waals surface area (Å²) in [4.78, 5) is 0. The van der Waals surface area contributed by atoms with Gasteiger partial charge in [-0.15, -0.1) is 0 Å². The smallest absolute Gasteiger partial charge is 1.00 e. The van der Waals surface area contributed by atoms with Crippen molar-refractivity contribution in [3.05, 3.63) is 0 Å². The molecule has 15 heavy (non-hydrogen) atoms. The maximum atomic E-state index is 2.33. The van der Waals surface area contributed by atoms with Gasteiger partial charge in [0.25, 0.3) is 0 Å². The molecule has 0 aromatic rings. The molecule has 0 nitrogen and oxygen atoms in total. The van der Waals surface area contributed by atoms with Crippen molar-refractivity contribution in [2.75, 3.05) is 0 Å². The van der Waals surface area contributed by atoms with Crippen molar-refractivity contribution in [2.24, 2.45) is 0 Å². The average molecular weight is 453 g/mol. The molecule has 0 aliphatic carbocycles. The van der Waals surface area contributed by atoms with Crippen LogP contribution in [0.1, 0.15) is 59.3 Å². The Bertz CT molecular complexity index is 80.6. The Labute approximate surface area is 125 Å². The average Bonchev–Trinajstić information content (AvgIpc) is 2.17. The van der Waals surface area contributed by atoms with Crippen LogP contribution in [0.5, 0.6) is 0 Å². The van der Waals surface area contributed by atoms with Gasteiger partial charge in [-0.25, -0.2) is 0 Å². The van der Waals surface area contributed by atoms with Crippen LogP contribution in [0.3, 0.4) is 0 Å². The van der Waals surface area contributed by atoms with Crippen LogP contribution in [0.25, 0.3) is 0 Å². The predicted molar refractivity (Wildman–Crippen MR) is 64.9 cm³/mol. The van der Waals surface area contributed by atoms with E-state index in [0.717, 1.165) is 0 Å².